The van der Waals surface area contributed by atoms with Gasteiger partial charge in [0.05, 0.1) is 18.5 Å². The maximum Gasteiger partial charge on any atom is 0.272 e. The van der Waals surface area contributed by atoms with Crippen molar-refractivity contribution in [2.45, 2.75) is 13.5 Å². The number of anilines is 1. The second-order valence-corrected chi connectivity index (χ2v) is 6.11. The molecular formula is C18H17N7O2. The van der Waals surface area contributed by atoms with E-state index in [9.17, 15) is 4.79 Å². The maximum absolute atomic E-state index is 12.8. The van der Waals surface area contributed by atoms with Crippen LogP contribution in [0.1, 0.15) is 21.9 Å². The van der Waals surface area contributed by atoms with Crippen molar-refractivity contribution in [3.05, 3.63) is 59.7 Å². The van der Waals surface area contributed by atoms with Crippen molar-refractivity contribution in [3.63, 3.8) is 0 Å². The third-order valence-corrected chi connectivity index (χ3v) is 4.00. The second-order valence-electron chi connectivity index (χ2n) is 6.11. The largest absolute Gasteiger partial charge is 0.461 e. The van der Waals surface area contributed by atoms with Crippen molar-refractivity contribution in [1.29, 1.82) is 0 Å². The Bertz CT molecular complexity index is 1120. The van der Waals surface area contributed by atoms with E-state index in [-0.39, 0.29) is 17.5 Å². The molecule has 0 aromatic carbocycles. The van der Waals surface area contributed by atoms with E-state index in [4.69, 9.17) is 10.2 Å². The summed E-state index contributed by atoms with van der Waals surface area (Å²) in [5.74, 6) is 0.669. The van der Waals surface area contributed by atoms with Gasteiger partial charge < -0.3 is 15.1 Å². The summed E-state index contributed by atoms with van der Waals surface area (Å²) in [6.45, 7) is 2.26. The number of hydrogen-bond acceptors (Lipinski definition) is 7. The molecule has 0 aliphatic carbocycles. The van der Waals surface area contributed by atoms with E-state index in [1.807, 2.05) is 25.1 Å². The topological polar surface area (TPSA) is 115 Å². The predicted molar refractivity (Wildman–Crippen MR) is 97.7 cm³/mol. The second kappa shape index (κ2) is 6.52. The molecule has 9 nitrogen and oxygen atoms in total. The standard InChI is InChI=1S/C18H17N7O2/c1-11-5-3-6-12(20-11)10-24(2)17(26)13-9-15-22-16(14-7-4-8-27-14)23-25(15)18(19)21-13/h3-9H,10H2,1-2H3,(H2,19,21). The number of amides is 1. The van der Waals surface area contributed by atoms with Gasteiger partial charge in [-0.1, -0.05) is 6.07 Å². The molecule has 27 heavy (non-hydrogen) atoms. The molecule has 0 saturated heterocycles. The van der Waals surface area contributed by atoms with Crippen LogP contribution < -0.4 is 5.73 Å². The fourth-order valence-electron chi connectivity index (χ4n) is 2.73. The Hall–Kier alpha value is -3.75. The van der Waals surface area contributed by atoms with E-state index in [1.54, 1.807) is 25.2 Å². The van der Waals surface area contributed by atoms with Gasteiger partial charge in [0, 0.05) is 18.8 Å². The third kappa shape index (κ3) is 3.22. The van der Waals surface area contributed by atoms with E-state index in [1.165, 1.54) is 15.7 Å². The van der Waals surface area contributed by atoms with Gasteiger partial charge in [-0.2, -0.15) is 4.52 Å². The smallest absolute Gasteiger partial charge is 0.272 e. The number of aryl methyl sites for hydroxylation is 1. The molecule has 0 aliphatic heterocycles. The monoisotopic (exact) mass is 363 g/mol. The van der Waals surface area contributed by atoms with Gasteiger partial charge in [-0.15, -0.1) is 5.10 Å². The Balaban J connectivity index is 1.63. The van der Waals surface area contributed by atoms with E-state index < -0.39 is 0 Å². The summed E-state index contributed by atoms with van der Waals surface area (Å²) in [6.07, 6.45) is 1.53. The first-order valence-corrected chi connectivity index (χ1v) is 8.26. The van der Waals surface area contributed by atoms with E-state index in [2.05, 4.69) is 20.1 Å². The van der Waals surface area contributed by atoms with E-state index in [0.29, 0.717) is 23.8 Å². The SMILES string of the molecule is Cc1cccc(CN(C)C(=O)c2cc3nc(-c4ccco4)nn3c(N)n2)n1. The quantitative estimate of drug-likeness (QED) is 0.589. The van der Waals surface area contributed by atoms with Crippen LogP contribution in [0.5, 0.6) is 0 Å². The fraction of sp³-hybridized carbons (Fsp3) is 0.167. The molecule has 4 aromatic rings. The van der Waals surface area contributed by atoms with Gasteiger partial charge in [0.2, 0.25) is 11.8 Å². The van der Waals surface area contributed by atoms with Crippen molar-refractivity contribution >= 4 is 17.5 Å². The molecule has 2 N–H and O–H groups in total. The highest BCUT2D eigenvalue weighted by molar-refractivity contribution is 5.93. The van der Waals surface area contributed by atoms with Gasteiger partial charge in [0.25, 0.3) is 5.91 Å². The first-order valence-electron chi connectivity index (χ1n) is 8.26. The number of nitrogen functional groups attached to an aromatic ring is 1. The van der Waals surface area contributed by atoms with Crippen molar-refractivity contribution in [1.82, 2.24) is 29.5 Å². The minimum Gasteiger partial charge on any atom is -0.461 e. The van der Waals surface area contributed by atoms with Crippen LogP contribution in [-0.4, -0.2) is 42.4 Å². The molecule has 4 heterocycles. The molecule has 0 radical (unpaired) electrons. The number of fused-ring (bicyclic) bond motifs is 1. The Labute approximate surface area is 154 Å². The average molecular weight is 363 g/mol. The van der Waals surface area contributed by atoms with Gasteiger partial charge in [0.15, 0.2) is 11.4 Å². The van der Waals surface area contributed by atoms with Crippen molar-refractivity contribution in [3.8, 4) is 11.6 Å². The van der Waals surface area contributed by atoms with E-state index >= 15 is 0 Å². The minimum atomic E-state index is -0.282. The van der Waals surface area contributed by atoms with Crippen LogP contribution in [0.15, 0.2) is 47.1 Å². The number of hydrogen-bond donors (Lipinski definition) is 1. The van der Waals surface area contributed by atoms with Crippen molar-refractivity contribution in [2.24, 2.45) is 0 Å². The van der Waals surface area contributed by atoms with Crippen LogP contribution in [0.4, 0.5) is 5.95 Å². The summed E-state index contributed by atoms with van der Waals surface area (Å²) in [5.41, 5.74) is 8.26. The first-order chi connectivity index (χ1) is 13.0. The third-order valence-electron chi connectivity index (χ3n) is 4.00. The molecular weight excluding hydrogens is 346 g/mol. The summed E-state index contributed by atoms with van der Waals surface area (Å²) < 4.78 is 6.67. The molecule has 9 heteroatoms. The Morgan fingerprint density at radius 2 is 2.07 bits per heavy atom. The number of pyridine rings is 1. The lowest BCUT2D eigenvalue weighted by atomic mass is 10.3. The number of carbonyl (C=O) groups is 1. The molecule has 136 valence electrons. The molecule has 1 amide bonds. The van der Waals surface area contributed by atoms with Crippen molar-refractivity contribution in [2.75, 3.05) is 12.8 Å². The highest BCUT2D eigenvalue weighted by Crippen LogP contribution is 2.18. The van der Waals surface area contributed by atoms with Gasteiger partial charge >= 0.3 is 0 Å². The van der Waals surface area contributed by atoms with Gasteiger partial charge in [0.1, 0.15) is 5.69 Å². The maximum atomic E-state index is 12.8. The highest BCUT2D eigenvalue weighted by atomic mass is 16.3. The lowest BCUT2D eigenvalue weighted by Gasteiger charge is -2.16. The number of aromatic nitrogens is 5. The summed E-state index contributed by atoms with van der Waals surface area (Å²) in [4.78, 5) is 27.3. The van der Waals surface area contributed by atoms with Crippen LogP contribution in [0, 0.1) is 6.92 Å². The molecule has 0 bridgehead atoms. The van der Waals surface area contributed by atoms with Gasteiger partial charge in [-0.25, -0.2) is 9.97 Å². The number of carbonyl (C=O) groups excluding carboxylic acids is 1. The summed E-state index contributed by atoms with van der Waals surface area (Å²) >= 11 is 0. The first kappa shape index (κ1) is 16.7. The molecule has 0 spiro atoms. The van der Waals surface area contributed by atoms with E-state index in [0.717, 1.165) is 11.4 Å². The Kier molecular flexibility index (Phi) is 4.03. The Morgan fingerprint density at radius 3 is 2.81 bits per heavy atom. The number of rotatable bonds is 4. The van der Waals surface area contributed by atoms with Gasteiger partial charge in [-0.05, 0) is 31.2 Å². The van der Waals surface area contributed by atoms with Crippen molar-refractivity contribution < 1.29 is 9.21 Å². The predicted octanol–water partition coefficient (Wildman–Crippen LogP) is 1.94. The molecule has 4 rings (SSSR count). The molecule has 0 aliphatic rings. The highest BCUT2D eigenvalue weighted by Gasteiger charge is 2.19. The number of nitrogens with two attached hydrogens (primary N) is 1. The zero-order valence-corrected chi connectivity index (χ0v) is 14.8. The summed E-state index contributed by atoms with van der Waals surface area (Å²) in [6, 6.07) is 10.7. The van der Waals surface area contributed by atoms with Crippen LogP contribution in [0.3, 0.4) is 0 Å². The molecule has 0 fully saturated rings. The lowest BCUT2D eigenvalue weighted by Crippen LogP contribution is -2.28. The average Bonchev–Trinajstić information content (AvgIpc) is 3.30. The van der Waals surface area contributed by atoms with Crippen LogP contribution in [-0.2, 0) is 6.54 Å². The molecule has 0 atom stereocenters. The summed E-state index contributed by atoms with van der Waals surface area (Å²) in [7, 11) is 1.69. The molecule has 0 unspecified atom stereocenters. The zero-order chi connectivity index (χ0) is 19.0. The van der Waals surface area contributed by atoms with Crippen LogP contribution in [0.25, 0.3) is 17.2 Å². The van der Waals surface area contributed by atoms with Crippen LogP contribution >= 0.6 is 0 Å². The normalized spacial score (nSPS) is 11.0. The number of furan rings is 1. The summed E-state index contributed by atoms with van der Waals surface area (Å²) in [5, 5.41) is 4.27. The minimum absolute atomic E-state index is 0.0724. The Morgan fingerprint density at radius 1 is 1.22 bits per heavy atom. The fourth-order valence-corrected chi connectivity index (χ4v) is 2.73. The molecule has 4 aromatic heterocycles. The lowest BCUT2D eigenvalue weighted by molar-refractivity contribution is 0.0777. The number of nitrogens with zero attached hydrogens (tertiary/aromatic N) is 6. The van der Waals surface area contributed by atoms with Gasteiger partial charge in [-0.3, -0.25) is 9.78 Å². The van der Waals surface area contributed by atoms with Crippen LogP contribution in [0.2, 0.25) is 0 Å². The molecule has 0 saturated carbocycles. The zero-order valence-electron chi connectivity index (χ0n) is 14.8.